The normalized spacial score (nSPS) is 19.4. The Bertz CT molecular complexity index is 766. The highest BCUT2D eigenvalue weighted by molar-refractivity contribution is 7.89. The van der Waals surface area contributed by atoms with Crippen molar-refractivity contribution >= 4 is 16.0 Å². The minimum absolute atomic E-state index is 0.0591. The molecule has 0 aromatic carbocycles. The van der Waals surface area contributed by atoms with Gasteiger partial charge in [0.05, 0.1) is 7.11 Å². The molecule has 2 aromatic heterocycles. The number of imidazole rings is 1. The summed E-state index contributed by atoms with van der Waals surface area (Å²) in [6.45, 7) is 0.793. The Hall–Kier alpha value is -2.13. The monoisotopic (exact) mass is 324 g/mol. The van der Waals surface area contributed by atoms with Crippen LogP contribution in [-0.4, -0.2) is 53.8 Å². The topological polar surface area (TPSA) is 108 Å². The van der Waals surface area contributed by atoms with Gasteiger partial charge in [0, 0.05) is 37.6 Å². The van der Waals surface area contributed by atoms with E-state index in [1.54, 1.807) is 12.4 Å². The van der Waals surface area contributed by atoms with E-state index in [1.165, 1.54) is 23.7 Å². The summed E-state index contributed by atoms with van der Waals surface area (Å²) in [7, 11) is -2.39. The first-order valence-electron chi connectivity index (χ1n) is 6.78. The number of ether oxygens (including phenoxy) is 1. The van der Waals surface area contributed by atoms with Crippen molar-refractivity contribution in [3.05, 3.63) is 36.2 Å². The molecule has 2 aromatic rings. The number of rotatable bonds is 4. The molecular formula is C13H16N4O4S. The first-order valence-corrected chi connectivity index (χ1v) is 8.22. The lowest BCUT2D eigenvalue weighted by molar-refractivity contribution is 0.0595. The molecule has 8 nitrogen and oxygen atoms in total. The van der Waals surface area contributed by atoms with Crippen LogP contribution < -0.4 is 0 Å². The summed E-state index contributed by atoms with van der Waals surface area (Å²) >= 11 is 0. The number of hydrogen-bond acceptors (Lipinski definition) is 5. The average molecular weight is 324 g/mol. The third-order valence-electron chi connectivity index (χ3n) is 3.76. The third-order valence-corrected chi connectivity index (χ3v) is 5.60. The van der Waals surface area contributed by atoms with E-state index in [-0.39, 0.29) is 16.5 Å². The van der Waals surface area contributed by atoms with Crippen molar-refractivity contribution in [1.29, 1.82) is 0 Å². The first-order chi connectivity index (χ1) is 10.5. The number of carbonyl (C=O) groups is 1. The Labute approximate surface area is 127 Å². The Morgan fingerprint density at radius 2 is 2.27 bits per heavy atom. The molecule has 0 amide bonds. The standard InChI is InChI=1S/C13H16N4O4S/c1-21-13(18)11-6-10(7-16-11)22(19,20)17-5-2-9(8-17)12-14-3-4-15-12/h3-4,6-7,9,16H,2,5,8H2,1H3,(H,14,15)/t9-/m0/s1. The number of carbonyl (C=O) groups excluding carboxylic acids is 1. The number of H-pyrrole nitrogens is 2. The highest BCUT2D eigenvalue weighted by Gasteiger charge is 2.35. The van der Waals surface area contributed by atoms with E-state index in [1.807, 2.05) is 0 Å². The lowest BCUT2D eigenvalue weighted by Crippen LogP contribution is -2.28. The second-order valence-electron chi connectivity index (χ2n) is 5.06. The van der Waals surface area contributed by atoms with Gasteiger partial charge in [0.25, 0.3) is 0 Å². The lowest BCUT2D eigenvalue weighted by Gasteiger charge is -2.14. The van der Waals surface area contributed by atoms with Crippen LogP contribution >= 0.6 is 0 Å². The summed E-state index contributed by atoms with van der Waals surface area (Å²) in [6, 6.07) is 1.29. The number of sulfonamides is 1. The van der Waals surface area contributed by atoms with Crippen molar-refractivity contribution < 1.29 is 17.9 Å². The number of methoxy groups -OCH3 is 1. The number of aromatic amines is 2. The molecule has 1 aliphatic heterocycles. The van der Waals surface area contributed by atoms with Crippen LogP contribution in [0.15, 0.2) is 29.6 Å². The van der Waals surface area contributed by atoms with E-state index in [9.17, 15) is 13.2 Å². The van der Waals surface area contributed by atoms with Gasteiger partial charge in [0.1, 0.15) is 16.4 Å². The minimum Gasteiger partial charge on any atom is -0.464 e. The summed E-state index contributed by atoms with van der Waals surface area (Å²) in [4.78, 5) is 21.3. The SMILES string of the molecule is COC(=O)c1cc(S(=O)(=O)N2CC[C@H](c3ncc[nH]3)C2)c[nH]1. The fourth-order valence-corrected chi connectivity index (χ4v) is 4.07. The molecule has 0 aliphatic carbocycles. The van der Waals surface area contributed by atoms with Gasteiger partial charge in [-0.2, -0.15) is 4.31 Å². The van der Waals surface area contributed by atoms with Crippen LogP contribution in [0.3, 0.4) is 0 Å². The molecule has 0 radical (unpaired) electrons. The molecule has 1 aliphatic rings. The van der Waals surface area contributed by atoms with Crippen LogP contribution in [0.5, 0.6) is 0 Å². The number of esters is 1. The summed E-state index contributed by atoms with van der Waals surface area (Å²) < 4.78 is 31.2. The van der Waals surface area contributed by atoms with Gasteiger partial charge in [0.2, 0.25) is 10.0 Å². The second kappa shape index (κ2) is 5.58. The maximum absolute atomic E-state index is 12.6. The van der Waals surface area contributed by atoms with Crippen LogP contribution in [0, 0.1) is 0 Å². The molecule has 1 fully saturated rings. The predicted molar refractivity (Wildman–Crippen MR) is 76.8 cm³/mol. The highest BCUT2D eigenvalue weighted by Crippen LogP contribution is 2.29. The first kappa shape index (κ1) is 14.8. The van der Waals surface area contributed by atoms with E-state index < -0.39 is 16.0 Å². The number of hydrogen-bond donors (Lipinski definition) is 2. The Morgan fingerprint density at radius 1 is 1.45 bits per heavy atom. The predicted octanol–water partition coefficient (Wildman–Crippen LogP) is 0.703. The van der Waals surface area contributed by atoms with Gasteiger partial charge in [-0.3, -0.25) is 0 Å². The van der Waals surface area contributed by atoms with Crippen molar-refractivity contribution in [3.8, 4) is 0 Å². The fraction of sp³-hybridized carbons (Fsp3) is 0.385. The van der Waals surface area contributed by atoms with Crippen molar-refractivity contribution in [3.63, 3.8) is 0 Å². The molecule has 0 unspecified atom stereocenters. The lowest BCUT2D eigenvalue weighted by atomic mass is 10.1. The maximum Gasteiger partial charge on any atom is 0.354 e. The van der Waals surface area contributed by atoms with Gasteiger partial charge in [-0.1, -0.05) is 0 Å². The molecule has 1 atom stereocenters. The average Bonchev–Trinajstić information content (AvgIpc) is 3.25. The van der Waals surface area contributed by atoms with Crippen molar-refractivity contribution in [2.45, 2.75) is 17.2 Å². The molecule has 0 saturated carbocycles. The van der Waals surface area contributed by atoms with E-state index in [2.05, 4.69) is 19.7 Å². The molecule has 0 spiro atoms. The number of nitrogens with zero attached hydrogens (tertiary/aromatic N) is 2. The number of aromatic nitrogens is 3. The molecule has 3 heterocycles. The van der Waals surface area contributed by atoms with Crippen LogP contribution in [0.25, 0.3) is 0 Å². The van der Waals surface area contributed by atoms with E-state index >= 15 is 0 Å². The van der Waals surface area contributed by atoms with Gasteiger partial charge in [0.15, 0.2) is 0 Å². The van der Waals surface area contributed by atoms with Gasteiger partial charge in [-0.15, -0.1) is 0 Å². The molecular weight excluding hydrogens is 308 g/mol. The van der Waals surface area contributed by atoms with Crippen LogP contribution in [0.1, 0.15) is 28.7 Å². The van der Waals surface area contributed by atoms with Crippen LogP contribution in [0.4, 0.5) is 0 Å². The van der Waals surface area contributed by atoms with Gasteiger partial charge < -0.3 is 14.7 Å². The van der Waals surface area contributed by atoms with Crippen LogP contribution in [0.2, 0.25) is 0 Å². The quantitative estimate of drug-likeness (QED) is 0.805. The fourth-order valence-electron chi connectivity index (χ4n) is 2.57. The largest absolute Gasteiger partial charge is 0.464 e. The van der Waals surface area contributed by atoms with Crippen molar-refractivity contribution in [1.82, 2.24) is 19.3 Å². The highest BCUT2D eigenvalue weighted by atomic mass is 32.2. The molecule has 1 saturated heterocycles. The maximum atomic E-state index is 12.6. The summed E-state index contributed by atoms with van der Waals surface area (Å²) in [6.07, 6.45) is 5.39. The zero-order valence-electron chi connectivity index (χ0n) is 11.9. The number of nitrogens with one attached hydrogen (secondary N) is 2. The van der Waals surface area contributed by atoms with Gasteiger partial charge in [-0.25, -0.2) is 18.2 Å². The summed E-state index contributed by atoms with van der Waals surface area (Å²) in [5.41, 5.74) is 0.114. The third kappa shape index (κ3) is 2.53. The van der Waals surface area contributed by atoms with Crippen molar-refractivity contribution in [2.75, 3.05) is 20.2 Å². The van der Waals surface area contributed by atoms with Gasteiger partial charge >= 0.3 is 5.97 Å². The molecule has 2 N–H and O–H groups in total. The molecule has 9 heteroatoms. The molecule has 0 bridgehead atoms. The second-order valence-corrected chi connectivity index (χ2v) is 7.00. The Morgan fingerprint density at radius 3 is 2.95 bits per heavy atom. The molecule has 22 heavy (non-hydrogen) atoms. The van der Waals surface area contributed by atoms with Crippen molar-refractivity contribution in [2.24, 2.45) is 0 Å². The molecule has 3 rings (SSSR count). The smallest absolute Gasteiger partial charge is 0.354 e. The summed E-state index contributed by atoms with van der Waals surface area (Å²) in [5.74, 6) is 0.252. The molecule has 118 valence electrons. The summed E-state index contributed by atoms with van der Waals surface area (Å²) in [5, 5.41) is 0. The van der Waals surface area contributed by atoms with E-state index in [4.69, 9.17) is 0 Å². The van der Waals surface area contributed by atoms with Crippen LogP contribution in [-0.2, 0) is 14.8 Å². The Kier molecular flexibility index (Phi) is 3.75. The Balaban J connectivity index is 1.79. The van der Waals surface area contributed by atoms with Gasteiger partial charge in [-0.05, 0) is 12.5 Å². The zero-order valence-corrected chi connectivity index (χ0v) is 12.8. The van der Waals surface area contributed by atoms with E-state index in [0.717, 1.165) is 5.82 Å². The zero-order chi connectivity index (χ0) is 15.7. The minimum atomic E-state index is -3.63. The van der Waals surface area contributed by atoms with E-state index in [0.29, 0.717) is 19.5 Å².